The Morgan fingerprint density at radius 1 is 1.09 bits per heavy atom. The van der Waals surface area contributed by atoms with Crippen LogP contribution >= 0.6 is 11.9 Å². The van der Waals surface area contributed by atoms with Gasteiger partial charge in [-0.25, -0.2) is 18.6 Å². The lowest BCUT2D eigenvalue weighted by Gasteiger charge is -2.17. The SMILES string of the molecule is C1=C[NH2+]SC=C1.[O-][Cl+3]([O-])([O-])[O-]. The Hall–Kier alpha value is -0.0800. The lowest BCUT2D eigenvalue weighted by Crippen LogP contribution is -2.68. The van der Waals surface area contributed by atoms with Crippen molar-refractivity contribution < 1.29 is 33.6 Å². The van der Waals surface area contributed by atoms with Gasteiger partial charge < -0.3 is 0 Å². The second-order valence-corrected chi connectivity index (χ2v) is 2.94. The Morgan fingerprint density at radius 2 is 1.64 bits per heavy atom. The van der Waals surface area contributed by atoms with Crippen LogP contribution in [0.25, 0.3) is 0 Å². The molecule has 0 spiro atoms. The van der Waals surface area contributed by atoms with Crippen LogP contribution in [-0.2, 0) is 0 Å². The second kappa shape index (κ2) is 5.56. The molecule has 0 aromatic carbocycles. The van der Waals surface area contributed by atoms with Crippen LogP contribution in [0.15, 0.2) is 23.8 Å². The highest BCUT2D eigenvalue weighted by Gasteiger charge is 1.84. The molecule has 0 saturated carbocycles. The van der Waals surface area contributed by atoms with Crippen molar-refractivity contribution in [3.63, 3.8) is 0 Å². The molecule has 1 rings (SSSR count). The van der Waals surface area contributed by atoms with Gasteiger partial charge in [-0.05, 0) is 12.2 Å². The predicted octanol–water partition coefficient (Wildman–Crippen LogP) is -4.52. The van der Waals surface area contributed by atoms with Gasteiger partial charge in [0.2, 0.25) is 0 Å². The summed E-state index contributed by atoms with van der Waals surface area (Å²) >= 11 is 1.70. The van der Waals surface area contributed by atoms with Crippen LogP contribution < -0.4 is 23.4 Å². The first-order chi connectivity index (χ1) is 5.00. The fraction of sp³-hybridized carbons (Fsp3) is 0. The largest absolute Gasteiger partial charge is 0.255 e. The van der Waals surface area contributed by atoms with E-state index in [9.17, 15) is 0 Å². The van der Waals surface area contributed by atoms with Crippen molar-refractivity contribution in [2.75, 3.05) is 0 Å². The van der Waals surface area contributed by atoms with Crippen LogP contribution in [0.2, 0.25) is 0 Å². The van der Waals surface area contributed by atoms with E-state index >= 15 is 0 Å². The zero-order valence-corrected chi connectivity index (χ0v) is 6.88. The van der Waals surface area contributed by atoms with Gasteiger partial charge in [-0.1, -0.05) is 0 Å². The highest BCUT2D eigenvalue weighted by Crippen LogP contribution is 1.89. The standard InChI is InChI=1S/C4H5NS.ClHO4/c1-2-4-6-5-3-1;2-1(3,4)5/h1-5H;(H,2,3,4,5). The Bertz CT molecular complexity index is 137. The van der Waals surface area contributed by atoms with E-state index in [1.54, 1.807) is 11.9 Å². The highest BCUT2D eigenvalue weighted by atomic mass is 35.7. The van der Waals surface area contributed by atoms with Crippen molar-refractivity contribution >= 4 is 11.9 Å². The third kappa shape index (κ3) is 17.8. The molecular weight excluding hydrogens is 194 g/mol. The van der Waals surface area contributed by atoms with E-state index in [-0.39, 0.29) is 0 Å². The van der Waals surface area contributed by atoms with E-state index in [4.69, 9.17) is 18.6 Å². The summed E-state index contributed by atoms with van der Waals surface area (Å²) in [6, 6.07) is 0. The summed E-state index contributed by atoms with van der Waals surface area (Å²) in [7, 11) is -4.94. The fourth-order valence-electron chi connectivity index (χ4n) is 0.291. The molecular formula is C4H6ClNO4S. The topological polar surface area (TPSA) is 109 Å². The lowest BCUT2D eigenvalue weighted by molar-refractivity contribution is -2.00. The average Bonchev–Trinajstić information content (AvgIpc) is 1.88. The number of hydrogen-bond donors (Lipinski definition) is 1. The number of nitrogens with two attached hydrogens (primary N) is 1. The van der Waals surface area contributed by atoms with Gasteiger partial charge in [0, 0.05) is 5.41 Å². The van der Waals surface area contributed by atoms with Gasteiger partial charge in [0.1, 0.15) is 18.1 Å². The molecule has 0 aromatic heterocycles. The minimum Gasteiger partial charge on any atom is -0.255 e. The Balaban J connectivity index is 0.000000187. The first kappa shape index (κ1) is 10.9. The Kier molecular flexibility index (Phi) is 5.51. The van der Waals surface area contributed by atoms with Crippen molar-refractivity contribution in [1.82, 2.24) is 0 Å². The van der Waals surface area contributed by atoms with Gasteiger partial charge in [0.15, 0.2) is 0 Å². The maximum Gasteiger partial charge on any atom is 0.105 e. The van der Waals surface area contributed by atoms with Crippen LogP contribution in [0.4, 0.5) is 0 Å². The number of rotatable bonds is 0. The summed E-state index contributed by atoms with van der Waals surface area (Å²) < 4.78 is 36.0. The van der Waals surface area contributed by atoms with Crippen LogP contribution in [0.3, 0.4) is 0 Å². The zero-order chi connectivity index (χ0) is 8.74. The van der Waals surface area contributed by atoms with Crippen molar-refractivity contribution in [3.05, 3.63) is 23.8 Å². The van der Waals surface area contributed by atoms with E-state index in [0.29, 0.717) is 0 Å². The third-order valence-corrected chi connectivity index (χ3v) is 1.17. The van der Waals surface area contributed by atoms with Crippen LogP contribution in [0.5, 0.6) is 0 Å². The first-order valence-electron chi connectivity index (χ1n) is 2.42. The summed E-state index contributed by atoms with van der Waals surface area (Å²) in [4.78, 5) is 0. The molecule has 0 fully saturated rings. The van der Waals surface area contributed by atoms with Crippen molar-refractivity contribution in [2.45, 2.75) is 0 Å². The number of allylic oxidation sites excluding steroid dienone is 2. The van der Waals surface area contributed by atoms with Gasteiger partial charge in [0.25, 0.3) is 0 Å². The maximum atomic E-state index is 8.49. The molecule has 5 nitrogen and oxygen atoms in total. The summed E-state index contributed by atoms with van der Waals surface area (Å²) in [6.45, 7) is 0. The summed E-state index contributed by atoms with van der Waals surface area (Å²) in [5.74, 6) is 0. The molecule has 11 heavy (non-hydrogen) atoms. The normalized spacial score (nSPS) is 15.6. The quantitative estimate of drug-likeness (QED) is 0.396. The fourth-order valence-corrected chi connectivity index (χ4v) is 0.745. The maximum absolute atomic E-state index is 8.49. The first-order valence-corrected chi connectivity index (χ1v) is 4.60. The second-order valence-electron chi connectivity index (χ2n) is 1.36. The summed E-state index contributed by atoms with van der Waals surface area (Å²) in [5, 5.41) is 2.04. The average molecular weight is 200 g/mol. The van der Waals surface area contributed by atoms with Gasteiger partial charge in [-0.3, -0.25) is 4.72 Å². The molecule has 64 valence electrons. The molecule has 0 amide bonds. The highest BCUT2D eigenvalue weighted by molar-refractivity contribution is 7.95. The van der Waals surface area contributed by atoms with Crippen LogP contribution in [0.1, 0.15) is 0 Å². The smallest absolute Gasteiger partial charge is 0.105 e. The minimum atomic E-state index is -4.94. The Morgan fingerprint density at radius 3 is 1.73 bits per heavy atom. The molecule has 0 bridgehead atoms. The van der Waals surface area contributed by atoms with E-state index in [0.717, 1.165) is 0 Å². The lowest BCUT2D eigenvalue weighted by atomic mass is 10.6. The monoisotopic (exact) mass is 199 g/mol. The van der Waals surface area contributed by atoms with E-state index in [1.165, 1.54) is 0 Å². The van der Waals surface area contributed by atoms with Gasteiger partial charge in [0.05, 0.1) is 0 Å². The van der Waals surface area contributed by atoms with Gasteiger partial charge in [-0.2, -0.15) is 0 Å². The molecule has 0 aliphatic carbocycles. The molecule has 0 aromatic rings. The van der Waals surface area contributed by atoms with Crippen molar-refractivity contribution in [1.29, 1.82) is 0 Å². The van der Waals surface area contributed by atoms with E-state index < -0.39 is 10.2 Å². The molecule has 0 saturated heterocycles. The zero-order valence-electron chi connectivity index (χ0n) is 5.31. The molecule has 7 heteroatoms. The molecule has 0 atom stereocenters. The summed E-state index contributed by atoms with van der Waals surface area (Å²) in [6.07, 6.45) is 6.05. The third-order valence-electron chi connectivity index (χ3n) is 0.536. The van der Waals surface area contributed by atoms with Crippen LogP contribution in [-0.4, -0.2) is 0 Å². The van der Waals surface area contributed by atoms with Gasteiger partial charge >= 0.3 is 0 Å². The molecule has 1 aliphatic heterocycles. The molecule has 2 N–H and O–H groups in total. The predicted molar refractivity (Wildman–Crippen MR) is 27.8 cm³/mol. The van der Waals surface area contributed by atoms with Crippen molar-refractivity contribution in [3.8, 4) is 0 Å². The molecule has 0 unspecified atom stereocenters. The van der Waals surface area contributed by atoms with Crippen molar-refractivity contribution in [2.24, 2.45) is 0 Å². The van der Waals surface area contributed by atoms with E-state index in [1.807, 2.05) is 28.5 Å². The molecule has 1 heterocycles. The van der Waals surface area contributed by atoms with Crippen LogP contribution in [0, 0.1) is 10.2 Å². The van der Waals surface area contributed by atoms with Gasteiger partial charge in [-0.15, -0.1) is 10.2 Å². The number of hydrogen-bond acceptors (Lipinski definition) is 5. The number of halogens is 1. The summed E-state index contributed by atoms with van der Waals surface area (Å²) in [5.41, 5.74) is 0. The molecule has 1 aliphatic rings. The Labute approximate surface area is 69.9 Å². The minimum absolute atomic E-state index is 1.70. The molecule has 0 radical (unpaired) electrons. The van der Waals surface area contributed by atoms with E-state index in [2.05, 4.69) is 0 Å². The number of quaternary nitrogens is 1.